The van der Waals surface area contributed by atoms with E-state index in [1.807, 2.05) is 0 Å². The zero-order valence-corrected chi connectivity index (χ0v) is 9.03. The summed E-state index contributed by atoms with van der Waals surface area (Å²) in [6.45, 7) is 1.67. The molecule has 0 saturated heterocycles. The van der Waals surface area contributed by atoms with Crippen LogP contribution in [-0.2, 0) is 0 Å². The molecule has 0 spiro atoms. The fraction of sp³-hybridized carbons (Fsp3) is 0.0909. The highest BCUT2D eigenvalue weighted by molar-refractivity contribution is 6.03. The zero-order valence-electron chi connectivity index (χ0n) is 9.03. The molecular weight excluding hydrogens is 225 g/mol. The Kier molecular flexibility index (Phi) is 2.78. The maximum absolute atomic E-state index is 13.4. The van der Waals surface area contributed by atoms with Crippen molar-refractivity contribution in [3.63, 3.8) is 0 Å². The van der Waals surface area contributed by atoms with Gasteiger partial charge in [-0.3, -0.25) is 4.79 Å². The molecule has 1 amide bonds. The molecule has 0 fully saturated rings. The molecular formula is C11H10FN3O2. The van der Waals surface area contributed by atoms with E-state index in [1.54, 1.807) is 6.92 Å². The summed E-state index contributed by atoms with van der Waals surface area (Å²) in [5.74, 6) is -1.08. The summed E-state index contributed by atoms with van der Waals surface area (Å²) >= 11 is 0. The van der Waals surface area contributed by atoms with Crippen LogP contribution in [0.25, 0.3) is 0 Å². The van der Waals surface area contributed by atoms with Crippen molar-refractivity contribution in [3.05, 3.63) is 41.5 Å². The first kappa shape index (κ1) is 11.1. The van der Waals surface area contributed by atoms with E-state index < -0.39 is 11.7 Å². The zero-order chi connectivity index (χ0) is 12.4. The van der Waals surface area contributed by atoms with E-state index >= 15 is 0 Å². The lowest BCUT2D eigenvalue weighted by molar-refractivity contribution is 0.0986. The Morgan fingerprint density at radius 1 is 1.53 bits per heavy atom. The fourth-order valence-electron chi connectivity index (χ4n) is 1.33. The molecule has 0 aliphatic carbocycles. The number of nitrogens with two attached hydrogens (primary N) is 1. The Balaban J connectivity index is 2.24. The van der Waals surface area contributed by atoms with Gasteiger partial charge in [0.15, 0.2) is 0 Å². The molecule has 0 saturated carbocycles. The number of amides is 1. The number of hydrogen-bond acceptors (Lipinski definition) is 4. The van der Waals surface area contributed by atoms with Crippen LogP contribution in [0.15, 0.2) is 28.9 Å². The molecule has 88 valence electrons. The number of hydrogen-bond donors (Lipinski definition) is 2. The first-order valence-corrected chi connectivity index (χ1v) is 4.85. The Morgan fingerprint density at radius 3 is 2.94 bits per heavy atom. The molecule has 5 nitrogen and oxygen atoms in total. The van der Waals surface area contributed by atoms with Crippen molar-refractivity contribution in [2.24, 2.45) is 0 Å². The Labute approximate surface area is 96.4 Å². The Morgan fingerprint density at radius 2 is 2.29 bits per heavy atom. The minimum absolute atomic E-state index is 0.00537. The van der Waals surface area contributed by atoms with Gasteiger partial charge in [0.1, 0.15) is 5.82 Å². The van der Waals surface area contributed by atoms with Gasteiger partial charge < -0.3 is 15.6 Å². The van der Waals surface area contributed by atoms with Crippen LogP contribution in [0.4, 0.5) is 15.8 Å². The van der Waals surface area contributed by atoms with Crippen molar-refractivity contribution in [1.82, 2.24) is 5.16 Å². The number of nitrogens with zero attached hydrogens (tertiary/aromatic N) is 1. The Bertz CT molecular complexity index is 566. The molecule has 6 heteroatoms. The van der Waals surface area contributed by atoms with E-state index in [4.69, 9.17) is 10.3 Å². The minimum atomic E-state index is -0.565. The van der Waals surface area contributed by atoms with Crippen molar-refractivity contribution in [2.45, 2.75) is 6.92 Å². The van der Waals surface area contributed by atoms with Crippen molar-refractivity contribution in [1.29, 1.82) is 0 Å². The summed E-state index contributed by atoms with van der Waals surface area (Å²) in [5, 5.41) is 5.84. The second-order valence-corrected chi connectivity index (χ2v) is 3.53. The van der Waals surface area contributed by atoms with Crippen LogP contribution in [0, 0.1) is 12.7 Å². The number of halogens is 1. The molecule has 0 radical (unpaired) electrons. The molecule has 1 aromatic heterocycles. The van der Waals surface area contributed by atoms with Gasteiger partial charge in [0.25, 0.3) is 5.91 Å². The lowest BCUT2D eigenvalue weighted by Gasteiger charge is -2.05. The van der Waals surface area contributed by atoms with Crippen LogP contribution in [0.5, 0.6) is 0 Å². The number of aromatic nitrogens is 1. The summed E-state index contributed by atoms with van der Waals surface area (Å²) in [7, 11) is 0. The van der Waals surface area contributed by atoms with Crippen molar-refractivity contribution in [2.75, 3.05) is 11.1 Å². The maximum atomic E-state index is 13.4. The number of carbonyl (C=O) groups is 1. The van der Waals surface area contributed by atoms with Crippen LogP contribution in [0.1, 0.15) is 16.1 Å². The van der Waals surface area contributed by atoms with Gasteiger partial charge in [0, 0.05) is 11.3 Å². The molecule has 2 aromatic rings. The predicted octanol–water partition coefficient (Wildman–Crippen LogP) is 1.96. The van der Waals surface area contributed by atoms with Gasteiger partial charge in [0.05, 0.1) is 11.9 Å². The SMILES string of the molecule is Cc1cnoc1C(=O)Nc1cc(N)ccc1F. The number of aryl methyl sites for hydroxylation is 1. The highest BCUT2D eigenvalue weighted by Crippen LogP contribution is 2.18. The minimum Gasteiger partial charge on any atom is -0.399 e. The van der Waals surface area contributed by atoms with Gasteiger partial charge in [-0.1, -0.05) is 5.16 Å². The quantitative estimate of drug-likeness (QED) is 0.779. The second-order valence-electron chi connectivity index (χ2n) is 3.53. The van der Waals surface area contributed by atoms with Gasteiger partial charge in [0.2, 0.25) is 5.76 Å². The third-order valence-corrected chi connectivity index (χ3v) is 2.19. The molecule has 0 atom stereocenters. The normalized spacial score (nSPS) is 10.2. The van der Waals surface area contributed by atoms with Crippen LogP contribution in [0.3, 0.4) is 0 Å². The summed E-state index contributed by atoms with van der Waals surface area (Å²) in [6.07, 6.45) is 1.41. The maximum Gasteiger partial charge on any atom is 0.294 e. The first-order valence-electron chi connectivity index (χ1n) is 4.85. The first-order chi connectivity index (χ1) is 8.08. The second kappa shape index (κ2) is 4.25. The number of rotatable bonds is 2. The summed E-state index contributed by atoms with van der Waals surface area (Å²) in [5.41, 5.74) is 6.44. The topological polar surface area (TPSA) is 81.2 Å². The number of benzene rings is 1. The molecule has 0 aliphatic rings. The van der Waals surface area contributed by atoms with Crippen molar-refractivity contribution in [3.8, 4) is 0 Å². The number of carbonyl (C=O) groups excluding carboxylic acids is 1. The number of nitrogens with one attached hydrogen (secondary N) is 1. The van der Waals surface area contributed by atoms with E-state index in [9.17, 15) is 9.18 Å². The Hall–Kier alpha value is -2.37. The van der Waals surface area contributed by atoms with Gasteiger partial charge in [-0.25, -0.2) is 4.39 Å². The lowest BCUT2D eigenvalue weighted by atomic mass is 10.2. The average Bonchev–Trinajstić information content (AvgIpc) is 2.70. The fourth-order valence-corrected chi connectivity index (χ4v) is 1.33. The highest BCUT2D eigenvalue weighted by atomic mass is 19.1. The van der Waals surface area contributed by atoms with Crippen molar-refractivity contribution >= 4 is 17.3 Å². The lowest BCUT2D eigenvalue weighted by Crippen LogP contribution is -2.13. The monoisotopic (exact) mass is 235 g/mol. The molecule has 0 aliphatic heterocycles. The summed E-state index contributed by atoms with van der Waals surface area (Å²) in [6, 6.07) is 3.92. The number of nitrogen functional groups attached to an aromatic ring is 1. The third-order valence-electron chi connectivity index (χ3n) is 2.19. The molecule has 1 heterocycles. The third kappa shape index (κ3) is 2.25. The van der Waals surface area contributed by atoms with E-state index in [0.29, 0.717) is 11.3 Å². The molecule has 1 aromatic carbocycles. The number of anilines is 2. The standard InChI is InChI=1S/C11H10FN3O2/c1-6-5-14-17-10(6)11(16)15-9-4-7(13)2-3-8(9)12/h2-5H,13H2,1H3,(H,15,16). The highest BCUT2D eigenvalue weighted by Gasteiger charge is 2.15. The largest absolute Gasteiger partial charge is 0.399 e. The van der Waals surface area contributed by atoms with Gasteiger partial charge >= 0.3 is 0 Å². The summed E-state index contributed by atoms with van der Waals surface area (Å²) in [4.78, 5) is 11.7. The van der Waals surface area contributed by atoms with Crippen LogP contribution in [0.2, 0.25) is 0 Å². The average molecular weight is 235 g/mol. The van der Waals surface area contributed by atoms with Crippen molar-refractivity contribution < 1.29 is 13.7 Å². The van der Waals surface area contributed by atoms with E-state index in [2.05, 4.69) is 10.5 Å². The van der Waals surface area contributed by atoms with Crippen LogP contribution < -0.4 is 11.1 Å². The molecule has 17 heavy (non-hydrogen) atoms. The van der Waals surface area contributed by atoms with E-state index in [0.717, 1.165) is 0 Å². The molecule has 0 bridgehead atoms. The molecule has 0 unspecified atom stereocenters. The van der Waals surface area contributed by atoms with E-state index in [-0.39, 0.29) is 11.4 Å². The van der Waals surface area contributed by atoms with E-state index in [1.165, 1.54) is 24.4 Å². The van der Waals surface area contributed by atoms with Gasteiger partial charge in [-0.05, 0) is 25.1 Å². The van der Waals surface area contributed by atoms with Gasteiger partial charge in [-0.2, -0.15) is 0 Å². The van der Waals surface area contributed by atoms with Crippen LogP contribution in [-0.4, -0.2) is 11.1 Å². The summed E-state index contributed by atoms with van der Waals surface area (Å²) < 4.78 is 18.1. The molecule has 3 N–H and O–H groups in total. The van der Waals surface area contributed by atoms with Crippen LogP contribution >= 0.6 is 0 Å². The van der Waals surface area contributed by atoms with Gasteiger partial charge in [-0.15, -0.1) is 0 Å². The predicted molar refractivity (Wildman–Crippen MR) is 60.0 cm³/mol. The smallest absolute Gasteiger partial charge is 0.294 e. The molecule has 2 rings (SSSR count).